The van der Waals surface area contributed by atoms with Gasteiger partial charge in [-0.05, 0) is 30.4 Å². The third kappa shape index (κ3) is 1.73. The van der Waals surface area contributed by atoms with Crippen LogP contribution in [-0.2, 0) is 4.79 Å². The number of allylic oxidation sites excluding steroid dienone is 1. The summed E-state index contributed by atoms with van der Waals surface area (Å²) in [7, 11) is 0. The van der Waals surface area contributed by atoms with Crippen LogP contribution >= 0.6 is 0 Å². The molecule has 0 bridgehead atoms. The molecule has 0 aromatic heterocycles. The lowest BCUT2D eigenvalue weighted by molar-refractivity contribution is -0.120. The van der Waals surface area contributed by atoms with E-state index in [0.29, 0.717) is 12.3 Å². The van der Waals surface area contributed by atoms with Crippen LogP contribution in [0.4, 0.5) is 0 Å². The predicted octanol–water partition coefficient (Wildman–Crippen LogP) is 1.07. The van der Waals surface area contributed by atoms with Crippen LogP contribution in [0.3, 0.4) is 0 Å². The van der Waals surface area contributed by atoms with Crippen LogP contribution in [0, 0.1) is 5.92 Å². The van der Waals surface area contributed by atoms with Crippen molar-refractivity contribution < 1.29 is 4.79 Å². The van der Waals surface area contributed by atoms with Gasteiger partial charge in [-0.1, -0.05) is 13.0 Å². The zero-order chi connectivity index (χ0) is 10.1. The molecule has 76 valence electrons. The molecule has 3 heteroatoms. The molecule has 0 saturated carbocycles. The summed E-state index contributed by atoms with van der Waals surface area (Å²) in [6, 6.07) is 0.117. The number of hydrogen-bond donors (Lipinski definition) is 2. The highest BCUT2D eigenvalue weighted by molar-refractivity contribution is 5.79. The highest BCUT2D eigenvalue weighted by atomic mass is 16.1. The van der Waals surface area contributed by atoms with Crippen LogP contribution in [0.2, 0.25) is 0 Å². The smallest absolute Gasteiger partial charge is 0.224 e. The van der Waals surface area contributed by atoms with Gasteiger partial charge in [0, 0.05) is 18.2 Å². The Balaban J connectivity index is 2.30. The van der Waals surface area contributed by atoms with Crippen molar-refractivity contribution in [1.82, 2.24) is 5.32 Å². The standard InChI is InChI=1S/C11H16N2O/c1-7-2-5-11(14)13-10-4-3-8(12)6-9(7)10/h3-4,7-8H,2,5-6,12H2,1H3,(H,13,14). The van der Waals surface area contributed by atoms with Gasteiger partial charge in [0.2, 0.25) is 5.91 Å². The van der Waals surface area contributed by atoms with E-state index >= 15 is 0 Å². The van der Waals surface area contributed by atoms with Gasteiger partial charge < -0.3 is 11.1 Å². The number of carbonyl (C=O) groups is 1. The van der Waals surface area contributed by atoms with Crippen molar-refractivity contribution in [2.75, 3.05) is 0 Å². The van der Waals surface area contributed by atoms with E-state index in [-0.39, 0.29) is 11.9 Å². The quantitative estimate of drug-likeness (QED) is 0.603. The Kier molecular flexibility index (Phi) is 2.42. The van der Waals surface area contributed by atoms with Crippen LogP contribution in [-0.4, -0.2) is 11.9 Å². The van der Waals surface area contributed by atoms with Gasteiger partial charge in [-0.25, -0.2) is 0 Å². The summed E-state index contributed by atoms with van der Waals surface area (Å²) < 4.78 is 0. The Morgan fingerprint density at radius 2 is 2.36 bits per heavy atom. The molecule has 0 aromatic rings. The normalized spacial score (nSPS) is 32.3. The highest BCUT2D eigenvalue weighted by Crippen LogP contribution is 2.29. The lowest BCUT2D eigenvalue weighted by Gasteiger charge is -2.22. The third-order valence-corrected chi connectivity index (χ3v) is 2.99. The average Bonchev–Trinajstić information content (AvgIpc) is 2.29. The molecule has 1 amide bonds. The molecule has 2 rings (SSSR count). The highest BCUT2D eigenvalue weighted by Gasteiger charge is 2.23. The molecular formula is C11H16N2O. The zero-order valence-electron chi connectivity index (χ0n) is 8.42. The van der Waals surface area contributed by atoms with E-state index in [4.69, 9.17) is 5.73 Å². The SMILES string of the molecule is CC1CCC(=O)NC2=C1CC(N)C=C2. The summed E-state index contributed by atoms with van der Waals surface area (Å²) in [5.41, 5.74) is 8.15. The second-order valence-corrected chi connectivity index (χ2v) is 4.15. The second kappa shape index (κ2) is 3.58. The summed E-state index contributed by atoms with van der Waals surface area (Å²) in [5, 5.41) is 2.93. The topological polar surface area (TPSA) is 55.1 Å². The molecule has 3 nitrogen and oxygen atoms in total. The summed E-state index contributed by atoms with van der Waals surface area (Å²) >= 11 is 0. The van der Waals surface area contributed by atoms with Crippen molar-refractivity contribution in [3.05, 3.63) is 23.4 Å². The number of amides is 1. The maximum Gasteiger partial charge on any atom is 0.224 e. The van der Waals surface area contributed by atoms with Gasteiger partial charge in [-0.15, -0.1) is 0 Å². The number of nitrogens with two attached hydrogens (primary N) is 1. The van der Waals surface area contributed by atoms with Crippen molar-refractivity contribution in [3.63, 3.8) is 0 Å². The molecule has 0 saturated heterocycles. The van der Waals surface area contributed by atoms with Crippen molar-refractivity contribution in [1.29, 1.82) is 0 Å². The Labute approximate surface area is 84.0 Å². The average molecular weight is 192 g/mol. The molecule has 0 aromatic carbocycles. The summed E-state index contributed by atoms with van der Waals surface area (Å²) in [5.74, 6) is 0.599. The van der Waals surface area contributed by atoms with E-state index in [0.717, 1.165) is 18.5 Å². The Morgan fingerprint density at radius 1 is 1.57 bits per heavy atom. The molecule has 1 aliphatic heterocycles. The predicted molar refractivity (Wildman–Crippen MR) is 55.3 cm³/mol. The molecular weight excluding hydrogens is 176 g/mol. The van der Waals surface area contributed by atoms with Crippen LogP contribution < -0.4 is 11.1 Å². The number of hydrogen-bond acceptors (Lipinski definition) is 2. The minimum absolute atomic E-state index is 0.117. The fraction of sp³-hybridized carbons (Fsp3) is 0.545. The first kappa shape index (κ1) is 9.46. The fourth-order valence-corrected chi connectivity index (χ4v) is 2.08. The Bertz CT molecular complexity index is 317. The minimum Gasteiger partial charge on any atom is -0.326 e. The number of rotatable bonds is 0. The third-order valence-electron chi connectivity index (χ3n) is 2.99. The monoisotopic (exact) mass is 192 g/mol. The van der Waals surface area contributed by atoms with E-state index in [9.17, 15) is 4.79 Å². The first-order valence-corrected chi connectivity index (χ1v) is 5.13. The zero-order valence-corrected chi connectivity index (χ0v) is 8.42. The lowest BCUT2D eigenvalue weighted by Crippen LogP contribution is -2.27. The Morgan fingerprint density at radius 3 is 3.14 bits per heavy atom. The van der Waals surface area contributed by atoms with Crippen LogP contribution in [0.15, 0.2) is 23.4 Å². The number of nitrogens with one attached hydrogen (secondary N) is 1. The van der Waals surface area contributed by atoms with Gasteiger partial charge in [0.05, 0.1) is 0 Å². The van der Waals surface area contributed by atoms with Crippen molar-refractivity contribution in [2.45, 2.75) is 32.2 Å². The maximum atomic E-state index is 11.4. The molecule has 2 unspecified atom stereocenters. The minimum atomic E-state index is 0.117. The van der Waals surface area contributed by atoms with Crippen LogP contribution in [0.5, 0.6) is 0 Å². The first-order valence-electron chi connectivity index (χ1n) is 5.13. The van der Waals surface area contributed by atoms with Crippen molar-refractivity contribution in [3.8, 4) is 0 Å². The molecule has 1 aliphatic carbocycles. The summed E-state index contributed by atoms with van der Waals surface area (Å²) in [6.45, 7) is 2.17. The van der Waals surface area contributed by atoms with Gasteiger partial charge in [-0.2, -0.15) is 0 Å². The fourth-order valence-electron chi connectivity index (χ4n) is 2.08. The molecule has 2 aliphatic rings. The van der Waals surface area contributed by atoms with Gasteiger partial charge in [0.25, 0.3) is 0 Å². The molecule has 2 atom stereocenters. The molecule has 3 N–H and O–H groups in total. The van der Waals surface area contributed by atoms with Gasteiger partial charge in [0.1, 0.15) is 0 Å². The molecule has 0 fully saturated rings. The lowest BCUT2D eigenvalue weighted by atomic mass is 9.88. The van der Waals surface area contributed by atoms with Gasteiger partial charge in [-0.3, -0.25) is 4.79 Å². The van der Waals surface area contributed by atoms with Gasteiger partial charge >= 0.3 is 0 Å². The van der Waals surface area contributed by atoms with E-state index in [1.165, 1.54) is 5.57 Å². The first-order chi connectivity index (χ1) is 6.66. The second-order valence-electron chi connectivity index (χ2n) is 4.15. The largest absolute Gasteiger partial charge is 0.326 e. The van der Waals surface area contributed by atoms with Crippen molar-refractivity contribution >= 4 is 5.91 Å². The van der Waals surface area contributed by atoms with E-state index in [1.54, 1.807) is 0 Å². The van der Waals surface area contributed by atoms with E-state index < -0.39 is 0 Å². The summed E-state index contributed by atoms with van der Waals surface area (Å²) in [6.07, 6.45) is 6.34. The Hall–Kier alpha value is -1.09. The maximum absolute atomic E-state index is 11.4. The van der Waals surface area contributed by atoms with Crippen LogP contribution in [0.25, 0.3) is 0 Å². The van der Waals surface area contributed by atoms with Gasteiger partial charge in [0.15, 0.2) is 0 Å². The molecule has 0 spiro atoms. The van der Waals surface area contributed by atoms with E-state index in [2.05, 4.69) is 12.2 Å². The molecule has 14 heavy (non-hydrogen) atoms. The van der Waals surface area contributed by atoms with Crippen molar-refractivity contribution in [2.24, 2.45) is 11.7 Å². The van der Waals surface area contributed by atoms with Crippen LogP contribution in [0.1, 0.15) is 26.2 Å². The van der Waals surface area contributed by atoms with E-state index in [1.807, 2.05) is 12.2 Å². The molecule has 1 heterocycles. The number of carbonyl (C=O) groups excluding carboxylic acids is 1. The summed E-state index contributed by atoms with van der Waals surface area (Å²) in [4.78, 5) is 11.4. The molecule has 0 radical (unpaired) electrons.